The third kappa shape index (κ3) is 3.25. The first kappa shape index (κ1) is 24.4. The van der Waals surface area contributed by atoms with E-state index < -0.39 is 20.3 Å². The Morgan fingerprint density at radius 2 is 0.758 bits per heavy atom. The zero-order valence-corrected chi connectivity index (χ0v) is 24.7. The van der Waals surface area contributed by atoms with Crippen LogP contribution in [0.2, 0.25) is 0 Å². The summed E-state index contributed by atoms with van der Waals surface area (Å²) < 4.78 is 6.64. The van der Waals surface area contributed by atoms with Gasteiger partial charge in [-0.1, -0.05) is 0 Å². The van der Waals surface area contributed by atoms with Crippen molar-refractivity contribution < 1.29 is 20.3 Å². The molecule has 0 N–H and O–H groups in total. The van der Waals surface area contributed by atoms with Crippen molar-refractivity contribution in [3.05, 3.63) is 101 Å². The molecule has 0 bridgehead atoms. The molecule has 1 heteroatoms. The molecule has 0 nitrogen and oxygen atoms in total. The van der Waals surface area contributed by atoms with E-state index >= 15 is 0 Å². The zero-order valence-electron chi connectivity index (χ0n) is 22.3. The van der Waals surface area contributed by atoms with E-state index in [9.17, 15) is 0 Å². The molecule has 0 fully saturated rings. The molecule has 0 heterocycles. The summed E-state index contributed by atoms with van der Waals surface area (Å²) in [6.45, 7) is 24.2. The van der Waals surface area contributed by atoms with Gasteiger partial charge < -0.3 is 0 Å². The van der Waals surface area contributed by atoms with Gasteiger partial charge in [-0.05, 0) is 0 Å². The van der Waals surface area contributed by atoms with E-state index in [1.807, 2.05) is 0 Å². The molecule has 2 aromatic carbocycles. The Bertz CT molecular complexity index is 1130. The quantitative estimate of drug-likeness (QED) is 0.386. The van der Waals surface area contributed by atoms with Crippen LogP contribution in [0.4, 0.5) is 0 Å². The van der Waals surface area contributed by atoms with Crippen LogP contribution in [-0.4, -0.2) is 0 Å². The van der Waals surface area contributed by atoms with Crippen LogP contribution >= 0.6 is 0 Å². The van der Waals surface area contributed by atoms with Crippen LogP contribution in [0.15, 0.2) is 101 Å². The van der Waals surface area contributed by atoms with Crippen LogP contribution in [0.5, 0.6) is 0 Å². The van der Waals surface area contributed by atoms with Gasteiger partial charge in [0, 0.05) is 0 Å². The SMILES string of the molecule is CC1=C(C)C(C)(C)[C]([Zr]([C]2=C(C)C(C)=C(C)C2(C)C)([c]2ccccc2)[c]2ccccc2)=C1C. The maximum atomic E-state index is 2.49. The summed E-state index contributed by atoms with van der Waals surface area (Å²) in [5, 5.41) is 0. The van der Waals surface area contributed by atoms with Gasteiger partial charge in [0.15, 0.2) is 0 Å². The molecule has 0 amide bonds. The predicted molar refractivity (Wildman–Crippen MR) is 142 cm³/mol. The van der Waals surface area contributed by atoms with Crippen LogP contribution in [0.3, 0.4) is 0 Å². The average Bonchev–Trinajstić information content (AvgIpc) is 3.05. The van der Waals surface area contributed by atoms with Crippen LogP contribution < -0.4 is 6.54 Å². The molecule has 0 aliphatic heterocycles. The van der Waals surface area contributed by atoms with Gasteiger partial charge in [-0.15, -0.1) is 0 Å². The second-order valence-corrected chi connectivity index (χ2v) is 20.2. The van der Waals surface area contributed by atoms with Gasteiger partial charge in [0.1, 0.15) is 0 Å². The molecule has 0 saturated heterocycles. The Labute approximate surface area is 206 Å². The molecule has 2 aliphatic carbocycles. The van der Waals surface area contributed by atoms with Gasteiger partial charge in [0.25, 0.3) is 0 Å². The average molecular weight is 516 g/mol. The van der Waals surface area contributed by atoms with Crippen LogP contribution in [0.1, 0.15) is 69.2 Å². The molecule has 4 rings (SSSR count). The van der Waals surface area contributed by atoms with Crippen molar-refractivity contribution in [2.24, 2.45) is 10.8 Å². The number of hydrogen-bond donors (Lipinski definition) is 0. The van der Waals surface area contributed by atoms with Crippen molar-refractivity contribution in [2.75, 3.05) is 0 Å². The Hall–Kier alpha value is -1.72. The monoisotopic (exact) mass is 514 g/mol. The zero-order chi connectivity index (χ0) is 24.3. The molecular weight excluding hydrogens is 476 g/mol. The van der Waals surface area contributed by atoms with Gasteiger partial charge in [0.2, 0.25) is 0 Å². The summed E-state index contributed by atoms with van der Waals surface area (Å²) >= 11 is -3.71. The Morgan fingerprint density at radius 3 is 1.00 bits per heavy atom. The van der Waals surface area contributed by atoms with Gasteiger partial charge in [0.05, 0.1) is 0 Å². The van der Waals surface area contributed by atoms with Crippen molar-refractivity contribution in [1.29, 1.82) is 0 Å². The summed E-state index contributed by atoms with van der Waals surface area (Å²) in [6.07, 6.45) is 0. The van der Waals surface area contributed by atoms with E-state index in [0.717, 1.165) is 0 Å². The molecule has 0 atom stereocenters. The van der Waals surface area contributed by atoms with Crippen molar-refractivity contribution in [3.63, 3.8) is 0 Å². The molecule has 0 spiro atoms. The standard InChI is InChI=1S/2C10H15.2C6H5.Zr/c2*1-7-6-10(4,5)9(3)8(7)2;2*1-2-4-6-5-3-1;/h2*1-5H3;2*1-5H;. The van der Waals surface area contributed by atoms with E-state index in [4.69, 9.17) is 0 Å². The summed E-state index contributed by atoms with van der Waals surface area (Å²) in [5.41, 5.74) is 9.25. The summed E-state index contributed by atoms with van der Waals surface area (Å²) in [4.78, 5) is 0. The van der Waals surface area contributed by atoms with Crippen molar-refractivity contribution in [1.82, 2.24) is 0 Å². The first-order valence-corrected chi connectivity index (χ1v) is 17.2. The maximum absolute atomic E-state index is 3.71. The van der Waals surface area contributed by atoms with E-state index in [1.54, 1.807) is 35.4 Å². The molecule has 33 heavy (non-hydrogen) atoms. The third-order valence-corrected chi connectivity index (χ3v) is 23.8. The summed E-state index contributed by atoms with van der Waals surface area (Å²) in [7, 11) is 0. The molecule has 172 valence electrons. The minimum atomic E-state index is -3.71. The first-order valence-electron chi connectivity index (χ1n) is 12.3. The van der Waals surface area contributed by atoms with Crippen LogP contribution in [0.25, 0.3) is 0 Å². The van der Waals surface area contributed by atoms with Crippen molar-refractivity contribution in [3.8, 4) is 0 Å². The molecular formula is C32H40Zr. The minimum absolute atomic E-state index is 0.0453. The number of rotatable bonds is 4. The summed E-state index contributed by atoms with van der Waals surface area (Å²) in [5.74, 6) is 0. The van der Waals surface area contributed by atoms with Crippen molar-refractivity contribution in [2.45, 2.75) is 69.2 Å². The number of hydrogen-bond acceptors (Lipinski definition) is 0. The second-order valence-electron chi connectivity index (χ2n) is 11.2. The Morgan fingerprint density at radius 1 is 0.455 bits per heavy atom. The molecule has 0 aromatic heterocycles. The van der Waals surface area contributed by atoms with Gasteiger partial charge in [-0.3, -0.25) is 0 Å². The molecule has 0 unspecified atom stereocenters. The first-order chi connectivity index (χ1) is 15.4. The fourth-order valence-corrected chi connectivity index (χ4v) is 23.8. The normalized spacial score (nSPS) is 20.4. The fraction of sp³-hybridized carbons (Fsp3) is 0.375. The van der Waals surface area contributed by atoms with Gasteiger partial charge in [-0.2, -0.15) is 0 Å². The van der Waals surface area contributed by atoms with E-state index in [1.165, 1.54) is 11.1 Å². The number of benzene rings is 2. The topological polar surface area (TPSA) is 0 Å². The van der Waals surface area contributed by atoms with E-state index in [0.29, 0.717) is 0 Å². The molecule has 2 aromatic rings. The van der Waals surface area contributed by atoms with E-state index in [2.05, 4.69) is 130 Å². The van der Waals surface area contributed by atoms with E-state index in [-0.39, 0.29) is 10.8 Å². The van der Waals surface area contributed by atoms with Crippen LogP contribution in [0, 0.1) is 10.8 Å². The van der Waals surface area contributed by atoms with Crippen molar-refractivity contribution >= 4 is 6.54 Å². The summed E-state index contributed by atoms with van der Waals surface area (Å²) in [6, 6.07) is 23.2. The molecule has 2 aliphatic rings. The predicted octanol–water partition coefficient (Wildman–Crippen LogP) is 8.09. The van der Waals surface area contributed by atoms with Gasteiger partial charge >= 0.3 is 208 Å². The number of allylic oxidation sites excluding steroid dienone is 8. The Balaban J connectivity index is 2.27. The second kappa shape index (κ2) is 8.20. The molecule has 0 saturated carbocycles. The fourth-order valence-electron chi connectivity index (χ4n) is 6.93. The van der Waals surface area contributed by atoms with Crippen LogP contribution in [-0.2, 0) is 20.3 Å². The Kier molecular flexibility index (Phi) is 6.06. The van der Waals surface area contributed by atoms with Gasteiger partial charge in [-0.25, -0.2) is 0 Å². The third-order valence-electron chi connectivity index (χ3n) is 9.29. The molecule has 0 radical (unpaired) electrons.